The Bertz CT molecular complexity index is 618. The maximum Gasteiger partial charge on any atom is 0.172 e. The minimum Gasteiger partial charge on any atom is -0.337 e. The van der Waals surface area contributed by atoms with E-state index in [0.29, 0.717) is 11.0 Å². The Labute approximate surface area is 126 Å². The summed E-state index contributed by atoms with van der Waals surface area (Å²) in [5.74, 6) is 0.596. The van der Waals surface area contributed by atoms with Crippen LogP contribution in [0.15, 0.2) is 16.6 Å². The fourth-order valence-corrected chi connectivity index (χ4v) is 2.78. The van der Waals surface area contributed by atoms with Gasteiger partial charge in [-0.2, -0.15) is 0 Å². The lowest BCUT2D eigenvalue weighted by Gasteiger charge is -2.14. The largest absolute Gasteiger partial charge is 0.337 e. The minimum absolute atomic E-state index is 0.393. The molecular formula is C14H15BrClN3. The lowest BCUT2D eigenvalue weighted by molar-refractivity contribution is 1.05. The number of rotatable bonds is 2. The van der Waals surface area contributed by atoms with Crippen molar-refractivity contribution in [1.82, 2.24) is 9.97 Å². The molecule has 3 nitrogen and oxygen atoms in total. The van der Waals surface area contributed by atoms with Gasteiger partial charge in [0.05, 0.1) is 11.4 Å². The molecule has 0 spiro atoms. The van der Waals surface area contributed by atoms with Crippen LogP contribution in [0.25, 0.3) is 0 Å². The lowest BCUT2D eigenvalue weighted by Crippen LogP contribution is -2.03. The maximum atomic E-state index is 6.14. The predicted molar refractivity (Wildman–Crippen MR) is 83.4 cm³/mol. The smallest absolute Gasteiger partial charge is 0.172 e. The highest BCUT2D eigenvalue weighted by atomic mass is 79.9. The number of nitrogens with zero attached hydrogens (tertiary/aromatic N) is 2. The molecule has 0 aliphatic carbocycles. The van der Waals surface area contributed by atoms with Crippen LogP contribution >= 0.6 is 27.5 Å². The van der Waals surface area contributed by atoms with Crippen molar-refractivity contribution in [2.45, 2.75) is 27.7 Å². The number of hydrogen-bond donors (Lipinski definition) is 1. The van der Waals surface area contributed by atoms with E-state index in [9.17, 15) is 0 Å². The van der Waals surface area contributed by atoms with Crippen molar-refractivity contribution < 1.29 is 0 Å². The van der Waals surface area contributed by atoms with Crippen molar-refractivity contribution in [3.05, 3.63) is 44.3 Å². The van der Waals surface area contributed by atoms with Gasteiger partial charge in [-0.15, -0.1) is 0 Å². The monoisotopic (exact) mass is 339 g/mol. The van der Waals surface area contributed by atoms with Crippen LogP contribution in [0.4, 0.5) is 11.5 Å². The Morgan fingerprint density at radius 3 is 2.11 bits per heavy atom. The van der Waals surface area contributed by atoms with Crippen molar-refractivity contribution in [1.29, 1.82) is 0 Å². The molecule has 1 aromatic carbocycles. The van der Waals surface area contributed by atoms with Crippen LogP contribution in [-0.4, -0.2) is 9.97 Å². The molecule has 0 saturated carbocycles. The van der Waals surface area contributed by atoms with E-state index >= 15 is 0 Å². The van der Waals surface area contributed by atoms with Crippen LogP contribution < -0.4 is 5.32 Å². The maximum absolute atomic E-state index is 6.14. The molecule has 0 aliphatic rings. The molecule has 100 valence electrons. The molecule has 19 heavy (non-hydrogen) atoms. The van der Waals surface area contributed by atoms with E-state index in [1.807, 2.05) is 27.7 Å². The molecule has 1 N–H and O–H groups in total. The summed E-state index contributed by atoms with van der Waals surface area (Å²) < 4.78 is 1.06. The van der Waals surface area contributed by atoms with Gasteiger partial charge in [-0.05, 0) is 51.0 Å². The average Bonchev–Trinajstić information content (AvgIpc) is 2.29. The molecule has 0 amide bonds. The molecule has 0 saturated heterocycles. The predicted octanol–water partition coefficient (Wildman–Crippen LogP) is 4.87. The molecule has 2 aromatic rings. The highest BCUT2D eigenvalue weighted by molar-refractivity contribution is 9.10. The van der Waals surface area contributed by atoms with Gasteiger partial charge in [0, 0.05) is 10.2 Å². The van der Waals surface area contributed by atoms with Gasteiger partial charge in [0.2, 0.25) is 0 Å². The fraction of sp³-hybridized carbons (Fsp3) is 0.286. The van der Waals surface area contributed by atoms with E-state index in [-0.39, 0.29) is 0 Å². The first-order valence-electron chi connectivity index (χ1n) is 5.93. The SMILES string of the molecule is Cc1cc(Br)cc(C)c1Nc1nc(C)c(C)nc1Cl. The second-order valence-corrected chi connectivity index (χ2v) is 5.85. The van der Waals surface area contributed by atoms with E-state index < -0.39 is 0 Å². The molecule has 0 aliphatic heterocycles. The van der Waals surface area contributed by atoms with Crippen molar-refractivity contribution in [3.8, 4) is 0 Å². The van der Waals surface area contributed by atoms with E-state index in [4.69, 9.17) is 11.6 Å². The Hall–Kier alpha value is -1.13. The quantitative estimate of drug-likeness (QED) is 0.847. The Morgan fingerprint density at radius 1 is 1.00 bits per heavy atom. The fourth-order valence-electron chi connectivity index (χ4n) is 1.88. The van der Waals surface area contributed by atoms with Crippen LogP contribution in [0, 0.1) is 27.7 Å². The van der Waals surface area contributed by atoms with Gasteiger partial charge >= 0.3 is 0 Å². The number of halogens is 2. The number of aryl methyl sites for hydroxylation is 4. The molecule has 2 rings (SSSR count). The minimum atomic E-state index is 0.393. The van der Waals surface area contributed by atoms with Crippen LogP contribution in [-0.2, 0) is 0 Å². The number of aromatic nitrogens is 2. The number of anilines is 2. The van der Waals surface area contributed by atoms with E-state index in [0.717, 1.165) is 32.7 Å². The summed E-state index contributed by atoms with van der Waals surface area (Å²) in [6.45, 7) is 7.91. The third-order valence-electron chi connectivity index (χ3n) is 3.01. The first-order chi connectivity index (χ1) is 8.88. The van der Waals surface area contributed by atoms with Gasteiger partial charge in [-0.1, -0.05) is 27.5 Å². The van der Waals surface area contributed by atoms with E-state index in [2.05, 4.69) is 43.3 Å². The third-order valence-corrected chi connectivity index (χ3v) is 3.73. The van der Waals surface area contributed by atoms with Gasteiger partial charge in [-0.25, -0.2) is 9.97 Å². The highest BCUT2D eigenvalue weighted by Crippen LogP contribution is 2.29. The van der Waals surface area contributed by atoms with Gasteiger partial charge in [0.1, 0.15) is 0 Å². The molecule has 1 aromatic heterocycles. The lowest BCUT2D eigenvalue weighted by atomic mass is 10.1. The van der Waals surface area contributed by atoms with Crippen LogP contribution in [0.2, 0.25) is 5.15 Å². The Kier molecular flexibility index (Phi) is 4.11. The number of nitrogens with one attached hydrogen (secondary N) is 1. The summed E-state index contributed by atoms with van der Waals surface area (Å²) in [4.78, 5) is 8.73. The molecular weight excluding hydrogens is 326 g/mol. The van der Waals surface area contributed by atoms with Crippen LogP contribution in [0.3, 0.4) is 0 Å². The molecule has 0 fully saturated rings. The molecule has 0 radical (unpaired) electrons. The van der Waals surface area contributed by atoms with Gasteiger partial charge < -0.3 is 5.32 Å². The zero-order valence-corrected chi connectivity index (χ0v) is 13.6. The number of hydrogen-bond acceptors (Lipinski definition) is 3. The first kappa shape index (κ1) is 14.3. The second kappa shape index (κ2) is 5.47. The third kappa shape index (κ3) is 3.07. The summed E-state index contributed by atoms with van der Waals surface area (Å²) in [5.41, 5.74) is 4.99. The van der Waals surface area contributed by atoms with Crippen molar-refractivity contribution >= 4 is 39.0 Å². The normalized spacial score (nSPS) is 10.6. The summed E-state index contributed by atoms with van der Waals surface area (Å²) >= 11 is 9.63. The van der Waals surface area contributed by atoms with E-state index in [1.165, 1.54) is 0 Å². The second-order valence-electron chi connectivity index (χ2n) is 4.57. The molecule has 0 bridgehead atoms. The average molecular weight is 341 g/mol. The van der Waals surface area contributed by atoms with Crippen LogP contribution in [0.5, 0.6) is 0 Å². The topological polar surface area (TPSA) is 37.8 Å². The van der Waals surface area contributed by atoms with Gasteiger partial charge in [0.15, 0.2) is 11.0 Å². The zero-order chi connectivity index (χ0) is 14.2. The van der Waals surface area contributed by atoms with Crippen molar-refractivity contribution in [2.75, 3.05) is 5.32 Å². The van der Waals surface area contributed by atoms with Gasteiger partial charge in [0.25, 0.3) is 0 Å². The zero-order valence-electron chi connectivity index (χ0n) is 11.3. The summed E-state index contributed by atoms with van der Waals surface area (Å²) in [6, 6.07) is 4.11. The molecule has 0 unspecified atom stereocenters. The summed E-state index contributed by atoms with van der Waals surface area (Å²) in [7, 11) is 0. The first-order valence-corrected chi connectivity index (χ1v) is 7.10. The van der Waals surface area contributed by atoms with Gasteiger partial charge in [-0.3, -0.25) is 0 Å². The standard InChI is InChI=1S/C14H15BrClN3/c1-7-5-11(15)6-8(2)12(7)19-14-13(16)17-9(3)10(4)18-14/h5-6H,1-4H3,(H,18,19). The molecule has 1 heterocycles. The summed E-state index contributed by atoms with van der Waals surface area (Å²) in [5, 5.41) is 3.67. The van der Waals surface area contributed by atoms with Crippen molar-refractivity contribution in [3.63, 3.8) is 0 Å². The Balaban J connectivity index is 2.45. The Morgan fingerprint density at radius 2 is 1.53 bits per heavy atom. The van der Waals surface area contributed by atoms with Crippen molar-refractivity contribution in [2.24, 2.45) is 0 Å². The highest BCUT2D eigenvalue weighted by Gasteiger charge is 2.10. The van der Waals surface area contributed by atoms with E-state index in [1.54, 1.807) is 0 Å². The number of benzene rings is 1. The van der Waals surface area contributed by atoms with Crippen LogP contribution in [0.1, 0.15) is 22.5 Å². The summed E-state index contributed by atoms with van der Waals surface area (Å²) in [6.07, 6.45) is 0. The molecule has 0 atom stereocenters. The molecule has 5 heteroatoms.